The smallest absolute Gasteiger partial charge is 0.156 e. The van der Waals surface area contributed by atoms with Gasteiger partial charge in [-0.15, -0.1) is 0 Å². The number of carbonyl (C=O) groups excluding carboxylic acids is 1. The van der Waals surface area contributed by atoms with Crippen molar-refractivity contribution in [2.24, 2.45) is 0 Å². The molecule has 5 heteroatoms. The van der Waals surface area contributed by atoms with Crippen LogP contribution in [-0.4, -0.2) is 48.7 Å². The van der Waals surface area contributed by atoms with Gasteiger partial charge in [0, 0.05) is 25.0 Å². The van der Waals surface area contributed by atoms with Crippen LogP contribution in [0.1, 0.15) is 26.7 Å². The Kier molecular flexibility index (Phi) is 2.63. The summed E-state index contributed by atoms with van der Waals surface area (Å²) in [5.41, 5.74) is 0. The molecule has 0 spiro atoms. The fourth-order valence-electron chi connectivity index (χ4n) is 2.80. The number of fused-ring (bicyclic) bond motifs is 2. The first-order chi connectivity index (χ1) is 6.90. The number of carbonyl (C=O) groups is 1. The third-order valence-electron chi connectivity index (χ3n) is 3.50. The monoisotopic (exact) mass is 231 g/mol. The van der Waals surface area contributed by atoms with Gasteiger partial charge in [0.25, 0.3) is 0 Å². The topological polar surface area (TPSA) is 54.5 Å². The normalized spacial score (nSPS) is 35.6. The molecule has 4 nitrogen and oxygen atoms in total. The Morgan fingerprint density at radius 3 is 2.60 bits per heavy atom. The van der Waals surface area contributed by atoms with Crippen LogP contribution in [0.25, 0.3) is 0 Å². The largest absolute Gasteiger partial charge is 0.300 e. The Balaban J connectivity index is 2.03. The van der Waals surface area contributed by atoms with Crippen LogP contribution in [0.5, 0.6) is 0 Å². The fraction of sp³-hybridized carbons (Fsp3) is 0.900. The highest BCUT2D eigenvalue weighted by Gasteiger charge is 2.49. The summed E-state index contributed by atoms with van der Waals surface area (Å²) >= 11 is 0. The number of Topliss-reactive ketones (excluding diaryl/α,β-unsaturated/α-hetero) is 1. The van der Waals surface area contributed by atoms with Gasteiger partial charge in [-0.05, 0) is 20.3 Å². The zero-order valence-electron chi connectivity index (χ0n) is 9.14. The standard InChI is InChI=1S/C10H17NO3S/c1-7(3-8(2)12)11-5-10-4-9(11)6-15(10,13)14/h7,9-10H,3-6H2,1-2H3. The molecule has 3 atom stereocenters. The first kappa shape index (κ1) is 11.1. The van der Waals surface area contributed by atoms with E-state index >= 15 is 0 Å². The molecular weight excluding hydrogens is 214 g/mol. The maximum atomic E-state index is 11.5. The van der Waals surface area contributed by atoms with Gasteiger partial charge in [-0.25, -0.2) is 8.42 Å². The van der Waals surface area contributed by atoms with Crippen LogP contribution in [-0.2, 0) is 14.6 Å². The minimum Gasteiger partial charge on any atom is -0.300 e. The van der Waals surface area contributed by atoms with E-state index in [9.17, 15) is 13.2 Å². The summed E-state index contributed by atoms with van der Waals surface area (Å²) in [6, 6.07) is 0.349. The van der Waals surface area contributed by atoms with Gasteiger partial charge in [-0.2, -0.15) is 0 Å². The number of sulfone groups is 1. The van der Waals surface area contributed by atoms with Crippen LogP contribution in [0, 0.1) is 0 Å². The average molecular weight is 231 g/mol. The summed E-state index contributed by atoms with van der Waals surface area (Å²) in [5, 5.41) is -0.170. The maximum absolute atomic E-state index is 11.5. The minimum atomic E-state index is -2.81. The molecule has 2 heterocycles. The van der Waals surface area contributed by atoms with Crippen molar-refractivity contribution in [3.8, 4) is 0 Å². The second kappa shape index (κ2) is 3.56. The predicted molar refractivity (Wildman–Crippen MR) is 57.4 cm³/mol. The predicted octanol–water partition coefficient (Wildman–Crippen LogP) is 0.225. The highest BCUT2D eigenvalue weighted by atomic mass is 32.2. The fourth-order valence-corrected chi connectivity index (χ4v) is 4.85. The van der Waals surface area contributed by atoms with E-state index in [4.69, 9.17) is 0 Å². The van der Waals surface area contributed by atoms with Crippen LogP contribution in [0.4, 0.5) is 0 Å². The van der Waals surface area contributed by atoms with Crippen molar-refractivity contribution in [3.05, 3.63) is 0 Å². The number of likely N-dealkylation sites (tertiary alicyclic amines) is 1. The molecule has 0 aromatic rings. The van der Waals surface area contributed by atoms with E-state index in [1.54, 1.807) is 6.92 Å². The van der Waals surface area contributed by atoms with E-state index in [1.165, 1.54) is 0 Å². The van der Waals surface area contributed by atoms with Gasteiger partial charge in [0.2, 0.25) is 0 Å². The number of rotatable bonds is 3. The SMILES string of the molecule is CC(=O)CC(C)N1CC2CC1CS2(=O)=O. The lowest BCUT2D eigenvalue weighted by molar-refractivity contribution is -0.118. The van der Waals surface area contributed by atoms with Gasteiger partial charge in [0.1, 0.15) is 5.78 Å². The van der Waals surface area contributed by atoms with Crippen molar-refractivity contribution in [2.45, 2.75) is 44.0 Å². The summed E-state index contributed by atoms with van der Waals surface area (Å²) in [4.78, 5) is 13.2. The summed E-state index contributed by atoms with van der Waals surface area (Å²) in [6.45, 7) is 4.22. The molecule has 0 aromatic carbocycles. The van der Waals surface area contributed by atoms with Crippen LogP contribution in [0.15, 0.2) is 0 Å². The molecule has 3 unspecified atom stereocenters. The highest BCUT2D eigenvalue weighted by Crippen LogP contribution is 2.34. The summed E-state index contributed by atoms with van der Waals surface area (Å²) in [6.07, 6.45) is 1.30. The molecule has 0 saturated carbocycles. The van der Waals surface area contributed by atoms with Gasteiger partial charge in [-0.3, -0.25) is 9.69 Å². The zero-order chi connectivity index (χ0) is 11.2. The zero-order valence-corrected chi connectivity index (χ0v) is 9.96. The van der Waals surface area contributed by atoms with Gasteiger partial charge < -0.3 is 0 Å². The third kappa shape index (κ3) is 1.95. The van der Waals surface area contributed by atoms with Crippen LogP contribution in [0.3, 0.4) is 0 Å². The second-order valence-electron chi connectivity index (χ2n) is 4.79. The number of hydrogen-bond acceptors (Lipinski definition) is 4. The van der Waals surface area contributed by atoms with Crippen molar-refractivity contribution >= 4 is 15.6 Å². The minimum absolute atomic E-state index is 0.161. The molecule has 0 N–H and O–H groups in total. The van der Waals surface area contributed by atoms with Gasteiger partial charge in [-0.1, -0.05) is 0 Å². The van der Waals surface area contributed by atoms with Crippen LogP contribution < -0.4 is 0 Å². The lowest BCUT2D eigenvalue weighted by Crippen LogP contribution is -2.45. The van der Waals surface area contributed by atoms with E-state index in [1.807, 2.05) is 6.92 Å². The van der Waals surface area contributed by atoms with Gasteiger partial charge in [0.05, 0.1) is 11.0 Å². The first-order valence-corrected chi connectivity index (χ1v) is 7.08. The summed E-state index contributed by atoms with van der Waals surface area (Å²) in [5.74, 6) is 0.466. The van der Waals surface area contributed by atoms with E-state index in [2.05, 4.69) is 4.90 Å². The molecule has 0 amide bonds. The number of hydrogen-bond donors (Lipinski definition) is 0. The number of ketones is 1. The molecule has 2 aliphatic rings. The van der Waals surface area contributed by atoms with Crippen molar-refractivity contribution in [2.75, 3.05) is 12.3 Å². The molecule has 2 fully saturated rings. The molecule has 2 bridgehead atoms. The molecule has 0 radical (unpaired) electrons. The molecule has 0 aromatic heterocycles. The summed E-state index contributed by atoms with van der Waals surface area (Å²) in [7, 11) is -2.81. The maximum Gasteiger partial charge on any atom is 0.156 e. The Morgan fingerprint density at radius 1 is 1.53 bits per heavy atom. The Morgan fingerprint density at radius 2 is 2.20 bits per heavy atom. The van der Waals surface area contributed by atoms with E-state index < -0.39 is 9.84 Å². The molecule has 15 heavy (non-hydrogen) atoms. The quantitative estimate of drug-likeness (QED) is 0.697. The van der Waals surface area contributed by atoms with E-state index in [0.717, 1.165) is 6.42 Å². The molecule has 0 aliphatic carbocycles. The molecule has 2 saturated heterocycles. The molecule has 2 aliphatic heterocycles. The molecule has 2 rings (SSSR count). The van der Waals surface area contributed by atoms with E-state index in [-0.39, 0.29) is 23.1 Å². The third-order valence-corrected chi connectivity index (χ3v) is 5.71. The van der Waals surface area contributed by atoms with Crippen molar-refractivity contribution in [3.63, 3.8) is 0 Å². The van der Waals surface area contributed by atoms with Gasteiger partial charge in [0.15, 0.2) is 9.84 Å². The second-order valence-corrected chi connectivity index (χ2v) is 7.12. The summed E-state index contributed by atoms with van der Waals surface area (Å²) < 4.78 is 23.0. The van der Waals surface area contributed by atoms with Gasteiger partial charge >= 0.3 is 0 Å². The molecular formula is C10H17NO3S. The molecule has 86 valence electrons. The Labute approximate surface area is 90.6 Å². The van der Waals surface area contributed by atoms with Crippen LogP contribution in [0.2, 0.25) is 0 Å². The average Bonchev–Trinajstić information content (AvgIpc) is 2.56. The van der Waals surface area contributed by atoms with E-state index in [0.29, 0.717) is 18.7 Å². The van der Waals surface area contributed by atoms with Crippen molar-refractivity contribution in [1.82, 2.24) is 4.90 Å². The number of nitrogens with zero attached hydrogens (tertiary/aromatic N) is 1. The lowest BCUT2D eigenvalue weighted by Gasteiger charge is -2.31. The highest BCUT2D eigenvalue weighted by molar-refractivity contribution is 7.92. The van der Waals surface area contributed by atoms with Crippen LogP contribution >= 0.6 is 0 Å². The first-order valence-electron chi connectivity index (χ1n) is 5.37. The Hall–Kier alpha value is -0.420. The van der Waals surface area contributed by atoms with Crippen molar-refractivity contribution < 1.29 is 13.2 Å². The Bertz CT molecular complexity index is 376. The lowest BCUT2D eigenvalue weighted by atomic mass is 10.1. The van der Waals surface area contributed by atoms with Crippen molar-refractivity contribution in [1.29, 1.82) is 0 Å².